The van der Waals surface area contributed by atoms with E-state index in [0.29, 0.717) is 35.8 Å². The van der Waals surface area contributed by atoms with E-state index in [1.807, 2.05) is 13.1 Å². The van der Waals surface area contributed by atoms with Gasteiger partial charge in [0.2, 0.25) is 5.91 Å². The predicted molar refractivity (Wildman–Crippen MR) is 145 cm³/mol. The first kappa shape index (κ1) is 27.4. The van der Waals surface area contributed by atoms with E-state index in [2.05, 4.69) is 28.8 Å². The van der Waals surface area contributed by atoms with E-state index in [1.54, 1.807) is 51.3 Å². The molecule has 0 fully saturated rings. The van der Waals surface area contributed by atoms with Crippen molar-refractivity contribution in [1.82, 2.24) is 24.6 Å². The Morgan fingerprint density at radius 2 is 1.84 bits per heavy atom. The molecule has 202 valence electrons. The first-order valence-electron chi connectivity index (χ1n) is 13.3. The molecule has 4 rings (SSSR count). The number of hydrogen-bond acceptors (Lipinski definition) is 5. The highest BCUT2D eigenvalue weighted by atomic mass is 19.1. The molecule has 38 heavy (non-hydrogen) atoms. The number of aromatic nitrogens is 3. The van der Waals surface area contributed by atoms with Gasteiger partial charge in [0.05, 0.1) is 11.8 Å². The number of amides is 2. The molecule has 0 aliphatic carbocycles. The summed E-state index contributed by atoms with van der Waals surface area (Å²) in [6.45, 7) is 10.2. The molecule has 0 saturated heterocycles. The van der Waals surface area contributed by atoms with Crippen LogP contribution in [0.25, 0.3) is 0 Å². The van der Waals surface area contributed by atoms with E-state index in [-0.39, 0.29) is 24.9 Å². The van der Waals surface area contributed by atoms with Gasteiger partial charge in [0, 0.05) is 50.5 Å². The van der Waals surface area contributed by atoms with Gasteiger partial charge in [-0.05, 0) is 80.2 Å². The van der Waals surface area contributed by atoms with Gasteiger partial charge in [-0.3, -0.25) is 19.3 Å². The molecule has 0 unspecified atom stereocenters. The molecule has 2 amide bonds. The van der Waals surface area contributed by atoms with E-state index < -0.39 is 5.82 Å². The molecular weight excluding hydrogens is 483 g/mol. The molecule has 3 heterocycles. The van der Waals surface area contributed by atoms with Crippen LogP contribution in [0.1, 0.15) is 48.2 Å². The summed E-state index contributed by atoms with van der Waals surface area (Å²) in [4.78, 5) is 37.1. The van der Waals surface area contributed by atoms with Crippen molar-refractivity contribution >= 4 is 17.5 Å². The number of carbonyl (C=O) groups is 2. The Morgan fingerprint density at radius 3 is 2.53 bits per heavy atom. The van der Waals surface area contributed by atoms with Gasteiger partial charge in [0.15, 0.2) is 0 Å². The summed E-state index contributed by atoms with van der Waals surface area (Å²) in [7, 11) is 0. The number of hydrogen-bond donors (Lipinski definition) is 0. The molecular formula is C29H37FN6O2. The lowest BCUT2D eigenvalue weighted by Gasteiger charge is -2.32. The van der Waals surface area contributed by atoms with Crippen LogP contribution in [0.15, 0.2) is 55.1 Å². The zero-order valence-corrected chi connectivity index (χ0v) is 22.5. The maximum Gasteiger partial charge on any atom is 0.259 e. The van der Waals surface area contributed by atoms with Crippen molar-refractivity contribution < 1.29 is 14.0 Å². The number of rotatable bonds is 5. The minimum atomic E-state index is -0.400. The molecule has 0 radical (unpaired) electrons. The Hall–Kier alpha value is -3.59. The quantitative estimate of drug-likeness (QED) is 0.505. The largest absolute Gasteiger partial charge is 0.337 e. The lowest BCUT2D eigenvalue weighted by molar-refractivity contribution is -0.132. The van der Waals surface area contributed by atoms with Crippen LogP contribution in [-0.2, 0) is 17.9 Å². The number of nitrogens with zero attached hydrogens (tertiary/aromatic N) is 6. The standard InChI is InChI=1S/C29H37FN6O2/c1-22(2)18-33-11-5-13-34(28(37)21-35-19-23(3)16-32-35)20-25-15-26(30)8-9-27(25)36(14-6-12-33)29(38)24-7-4-10-31-17-24/h4,7-10,15-17,19,22H,5-6,11-14,18,20-21H2,1-3H3. The Bertz CT molecular complexity index is 1230. The molecule has 0 atom stereocenters. The summed E-state index contributed by atoms with van der Waals surface area (Å²) in [5.74, 6) is -0.187. The number of pyridine rings is 1. The van der Waals surface area contributed by atoms with E-state index in [0.717, 1.165) is 38.0 Å². The third-order valence-electron chi connectivity index (χ3n) is 6.64. The second-order valence-corrected chi connectivity index (χ2v) is 10.4. The van der Waals surface area contributed by atoms with Crippen LogP contribution in [0, 0.1) is 18.7 Å². The second-order valence-electron chi connectivity index (χ2n) is 10.4. The number of carbonyl (C=O) groups excluding carboxylic acids is 2. The van der Waals surface area contributed by atoms with Crippen LogP contribution in [-0.4, -0.2) is 69.1 Å². The summed E-state index contributed by atoms with van der Waals surface area (Å²) in [5.41, 5.74) is 2.67. The van der Waals surface area contributed by atoms with E-state index in [1.165, 1.54) is 12.1 Å². The number of anilines is 1. The van der Waals surface area contributed by atoms with E-state index in [9.17, 15) is 14.0 Å². The Balaban J connectivity index is 1.69. The van der Waals surface area contributed by atoms with Crippen LogP contribution < -0.4 is 4.90 Å². The topological polar surface area (TPSA) is 74.6 Å². The molecule has 1 aromatic carbocycles. The molecule has 0 bridgehead atoms. The summed E-state index contributed by atoms with van der Waals surface area (Å²) < 4.78 is 16.1. The smallest absolute Gasteiger partial charge is 0.259 e. The van der Waals surface area contributed by atoms with Crippen molar-refractivity contribution in [2.75, 3.05) is 37.6 Å². The van der Waals surface area contributed by atoms with Gasteiger partial charge >= 0.3 is 0 Å². The monoisotopic (exact) mass is 520 g/mol. The van der Waals surface area contributed by atoms with Crippen LogP contribution in [0.4, 0.5) is 10.1 Å². The van der Waals surface area contributed by atoms with E-state index in [4.69, 9.17) is 0 Å². The highest BCUT2D eigenvalue weighted by Crippen LogP contribution is 2.26. The third-order valence-corrected chi connectivity index (χ3v) is 6.64. The maximum atomic E-state index is 14.5. The first-order valence-corrected chi connectivity index (χ1v) is 13.3. The molecule has 0 N–H and O–H groups in total. The SMILES string of the molecule is Cc1cnn(CC(=O)N2CCCN(CC(C)C)CCCN(C(=O)c3cccnc3)c3ccc(F)cc3C2)c1. The molecule has 1 aliphatic rings. The number of benzene rings is 1. The lowest BCUT2D eigenvalue weighted by Crippen LogP contribution is -2.40. The van der Waals surface area contributed by atoms with Crippen molar-refractivity contribution in [2.24, 2.45) is 5.92 Å². The van der Waals surface area contributed by atoms with Gasteiger partial charge in [0.25, 0.3) is 5.91 Å². The van der Waals surface area contributed by atoms with Crippen LogP contribution >= 0.6 is 0 Å². The molecule has 2 aromatic heterocycles. The fourth-order valence-corrected chi connectivity index (χ4v) is 4.96. The molecule has 9 heteroatoms. The van der Waals surface area contributed by atoms with Gasteiger partial charge in [-0.2, -0.15) is 5.10 Å². The fourth-order valence-electron chi connectivity index (χ4n) is 4.96. The van der Waals surface area contributed by atoms with Gasteiger partial charge in [-0.25, -0.2) is 4.39 Å². The van der Waals surface area contributed by atoms with Gasteiger partial charge in [-0.15, -0.1) is 0 Å². The summed E-state index contributed by atoms with van der Waals surface area (Å²) >= 11 is 0. The van der Waals surface area contributed by atoms with Crippen molar-refractivity contribution in [3.05, 3.63) is 77.6 Å². The molecule has 0 spiro atoms. The van der Waals surface area contributed by atoms with Crippen molar-refractivity contribution in [3.8, 4) is 0 Å². The molecule has 0 saturated carbocycles. The zero-order chi connectivity index (χ0) is 27.1. The van der Waals surface area contributed by atoms with Gasteiger partial charge in [0.1, 0.15) is 12.4 Å². The Morgan fingerprint density at radius 1 is 1.05 bits per heavy atom. The van der Waals surface area contributed by atoms with E-state index >= 15 is 0 Å². The minimum absolute atomic E-state index is 0.0964. The highest BCUT2D eigenvalue weighted by Gasteiger charge is 2.25. The molecule has 8 nitrogen and oxygen atoms in total. The average Bonchev–Trinajstić information content (AvgIpc) is 3.29. The Labute approximate surface area is 224 Å². The average molecular weight is 521 g/mol. The molecule has 3 aromatic rings. The lowest BCUT2D eigenvalue weighted by atomic mass is 10.1. The normalized spacial score (nSPS) is 15.6. The summed E-state index contributed by atoms with van der Waals surface area (Å²) in [6.07, 6.45) is 8.32. The third kappa shape index (κ3) is 7.25. The zero-order valence-electron chi connectivity index (χ0n) is 22.5. The van der Waals surface area contributed by atoms with Crippen LogP contribution in [0.5, 0.6) is 0 Å². The number of fused-ring (bicyclic) bond motifs is 1. The fraction of sp³-hybridized carbons (Fsp3) is 0.448. The number of halogens is 1. The number of aryl methyl sites for hydroxylation is 1. The predicted octanol–water partition coefficient (Wildman–Crippen LogP) is 4.15. The van der Waals surface area contributed by atoms with Crippen molar-refractivity contribution in [1.29, 1.82) is 0 Å². The molecule has 1 aliphatic heterocycles. The van der Waals surface area contributed by atoms with Crippen LogP contribution in [0.2, 0.25) is 0 Å². The minimum Gasteiger partial charge on any atom is -0.337 e. The first-order chi connectivity index (χ1) is 18.3. The summed E-state index contributed by atoms with van der Waals surface area (Å²) in [6, 6.07) is 7.93. The van der Waals surface area contributed by atoms with Crippen LogP contribution in [0.3, 0.4) is 0 Å². The van der Waals surface area contributed by atoms with Crippen molar-refractivity contribution in [3.63, 3.8) is 0 Å². The maximum absolute atomic E-state index is 14.5. The van der Waals surface area contributed by atoms with Crippen molar-refractivity contribution in [2.45, 2.75) is 46.7 Å². The van der Waals surface area contributed by atoms with Gasteiger partial charge < -0.3 is 14.7 Å². The highest BCUT2D eigenvalue weighted by molar-refractivity contribution is 6.06. The van der Waals surface area contributed by atoms with Gasteiger partial charge in [-0.1, -0.05) is 13.8 Å². The second kappa shape index (κ2) is 12.8. The Kier molecular flexibility index (Phi) is 9.23. The summed E-state index contributed by atoms with van der Waals surface area (Å²) in [5, 5.41) is 4.27.